The van der Waals surface area contributed by atoms with Gasteiger partial charge in [-0.15, -0.1) is 0 Å². The maximum Gasteiger partial charge on any atom is 0.282 e. The van der Waals surface area contributed by atoms with E-state index in [-0.39, 0.29) is 0 Å². The molecule has 12 heteroatoms. The van der Waals surface area contributed by atoms with Gasteiger partial charge in [0.15, 0.2) is 0 Å². The molecule has 8 nitrogen and oxygen atoms in total. The minimum Gasteiger partial charge on any atom is -0.322 e. The fraction of sp³-hybridized carbons (Fsp3) is 0.444. The average Bonchev–Trinajstić information content (AvgIpc) is 3.41. The van der Waals surface area contributed by atoms with Gasteiger partial charge in [-0.05, 0) is 26.8 Å². The molecule has 162 valence electrons. The monoisotopic (exact) mass is 427 g/mol. The highest BCUT2D eigenvalue weighted by atomic mass is 19.3. The summed E-state index contributed by atoms with van der Waals surface area (Å²) in [4.78, 5) is 12.5. The molecule has 0 aromatic carbocycles. The predicted octanol–water partition coefficient (Wildman–Crippen LogP) is 3.73. The Bertz CT molecular complexity index is 1020. The highest BCUT2D eigenvalue weighted by molar-refractivity contribution is 5.93. The molecule has 1 N–H and O–H groups in total. The number of nitrogens with one attached hydrogen (secondary N) is 1. The molecule has 0 bridgehead atoms. The Hall–Kier alpha value is -3.18. The number of halogens is 4. The lowest BCUT2D eigenvalue weighted by Crippen LogP contribution is -2.25. The van der Waals surface area contributed by atoms with E-state index in [0.29, 0.717) is 23.0 Å². The van der Waals surface area contributed by atoms with Crippen molar-refractivity contribution < 1.29 is 22.4 Å². The fourth-order valence-electron chi connectivity index (χ4n) is 3.01. The maximum atomic E-state index is 13.2. The molecular weight excluding hydrogens is 406 g/mol. The third-order valence-electron chi connectivity index (χ3n) is 4.71. The number of nitrogens with zero attached hydrogens (tertiary/aromatic N) is 6. The van der Waals surface area contributed by atoms with Crippen molar-refractivity contribution in [1.29, 1.82) is 0 Å². The average molecular weight is 427 g/mol. The fourth-order valence-corrected chi connectivity index (χ4v) is 3.01. The molecule has 0 aliphatic heterocycles. The zero-order valence-electron chi connectivity index (χ0n) is 16.6. The van der Waals surface area contributed by atoms with Gasteiger partial charge in [-0.2, -0.15) is 15.3 Å². The van der Waals surface area contributed by atoms with Gasteiger partial charge >= 0.3 is 0 Å². The molecule has 3 rings (SSSR count). The highest BCUT2D eigenvalue weighted by Crippen LogP contribution is 2.27. The first-order valence-electron chi connectivity index (χ1n) is 9.21. The van der Waals surface area contributed by atoms with Gasteiger partial charge in [-0.3, -0.25) is 18.8 Å². The van der Waals surface area contributed by atoms with Gasteiger partial charge in [0.2, 0.25) is 5.91 Å². The number of aryl methyl sites for hydroxylation is 1. The number of anilines is 1. The molecule has 3 aromatic heterocycles. The Balaban J connectivity index is 1.71. The van der Waals surface area contributed by atoms with Crippen LogP contribution in [0.15, 0.2) is 24.7 Å². The number of alkyl halides is 4. The van der Waals surface area contributed by atoms with Gasteiger partial charge in [0.1, 0.15) is 17.4 Å². The topological polar surface area (TPSA) is 82.6 Å². The SMILES string of the molecule is CCn1ncc(Cn2cc(NC(=O)C(C)n3nc(C(F)F)cc3C(F)F)cn2)c1C. The van der Waals surface area contributed by atoms with Crippen LogP contribution in [0.3, 0.4) is 0 Å². The molecular formula is C18H21F4N7O. The molecule has 0 spiro atoms. The van der Waals surface area contributed by atoms with Crippen LogP contribution in [0.1, 0.15) is 55.4 Å². The smallest absolute Gasteiger partial charge is 0.282 e. The second-order valence-electron chi connectivity index (χ2n) is 6.70. The number of aromatic nitrogens is 6. The third-order valence-corrected chi connectivity index (χ3v) is 4.71. The van der Waals surface area contributed by atoms with Crippen molar-refractivity contribution in [3.63, 3.8) is 0 Å². The van der Waals surface area contributed by atoms with Crippen molar-refractivity contribution in [3.05, 3.63) is 47.3 Å². The van der Waals surface area contributed by atoms with Gasteiger partial charge in [0, 0.05) is 24.0 Å². The molecule has 1 unspecified atom stereocenters. The summed E-state index contributed by atoms with van der Waals surface area (Å²) in [5, 5.41) is 14.4. The van der Waals surface area contributed by atoms with Crippen molar-refractivity contribution in [1.82, 2.24) is 29.3 Å². The van der Waals surface area contributed by atoms with Crippen LogP contribution in [0.5, 0.6) is 0 Å². The first kappa shape index (κ1) is 21.5. The number of carbonyl (C=O) groups is 1. The number of amides is 1. The molecule has 3 aromatic rings. The van der Waals surface area contributed by atoms with Crippen molar-refractivity contribution >= 4 is 11.6 Å². The second kappa shape index (κ2) is 8.67. The summed E-state index contributed by atoms with van der Waals surface area (Å²) >= 11 is 0. The second-order valence-corrected chi connectivity index (χ2v) is 6.70. The minimum atomic E-state index is -3.05. The molecule has 1 atom stereocenters. The van der Waals surface area contributed by atoms with Crippen molar-refractivity contribution in [2.24, 2.45) is 0 Å². The van der Waals surface area contributed by atoms with Gasteiger partial charge in [0.05, 0.1) is 24.6 Å². The quantitative estimate of drug-likeness (QED) is 0.556. The Morgan fingerprint density at radius 2 is 1.90 bits per heavy atom. The number of hydrogen-bond donors (Lipinski definition) is 1. The summed E-state index contributed by atoms with van der Waals surface area (Å²) in [5.41, 5.74) is 0.754. The van der Waals surface area contributed by atoms with Gasteiger partial charge in [-0.1, -0.05) is 0 Å². The summed E-state index contributed by atoms with van der Waals surface area (Å²) in [6, 6.07) is -0.620. The van der Waals surface area contributed by atoms with Crippen LogP contribution in [0.4, 0.5) is 23.2 Å². The van der Waals surface area contributed by atoms with E-state index in [2.05, 4.69) is 20.6 Å². The van der Waals surface area contributed by atoms with E-state index in [1.165, 1.54) is 13.1 Å². The number of carbonyl (C=O) groups excluding carboxylic acids is 1. The van der Waals surface area contributed by atoms with Crippen LogP contribution in [0.25, 0.3) is 0 Å². The van der Waals surface area contributed by atoms with Gasteiger partial charge < -0.3 is 5.32 Å². The van der Waals surface area contributed by atoms with E-state index < -0.39 is 36.2 Å². The van der Waals surface area contributed by atoms with Crippen molar-refractivity contribution in [2.75, 3.05) is 5.32 Å². The molecule has 3 heterocycles. The first-order valence-corrected chi connectivity index (χ1v) is 9.21. The molecule has 0 aliphatic carbocycles. The van der Waals surface area contributed by atoms with Crippen LogP contribution in [-0.2, 0) is 17.9 Å². The van der Waals surface area contributed by atoms with E-state index in [9.17, 15) is 22.4 Å². The maximum absolute atomic E-state index is 13.2. The Morgan fingerprint density at radius 1 is 1.17 bits per heavy atom. The van der Waals surface area contributed by atoms with E-state index >= 15 is 0 Å². The summed E-state index contributed by atoms with van der Waals surface area (Å²) in [5.74, 6) is -0.685. The normalized spacial score (nSPS) is 12.7. The standard InChI is InChI=1S/C18H21F4N7O/c1-4-28-10(2)12(6-24-28)8-27-9-13(7-23-27)25-18(30)11(3)29-15(17(21)22)5-14(26-29)16(19)20/h5-7,9,11,16-17H,4,8H2,1-3H3,(H,25,30). The zero-order chi connectivity index (χ0) is 22.0. The molecule has 0 radical (unpaired) electrons. The lowest BCUT2D eigenvalue weighted by Gasteiger charge is -2.14. The zero-order valence-corrected chi connectivity index (χ0v) is 16.6. The largest absolute Gasteiger partial charge is 0.322 e. The molecule has 1 amide bonds. The predicted molar refractivity (Wildman–Crippen MR) is 99.4 cm³/mol. The van der Waals surface area contributed by atoms with Gasteiger partial charge in [0.25, 0.3) is 12.9 Å². The Kier molecular flexibility index (Phi) is 6.22. The van der Waals surface area contributed by atoms with Crippen LogP contribution in [0, 0.1) is 6.92 Å². The molecule has 0 aliphatic rings. The van der Waals surface area contributed by atoms with E-state index in [1.807, 2.05) is 18.5 Å². The molecule has 30 heavy (non-hydrogen) atoms. The van der Waals surface area contributed by atoms with Crippen LogP contribution in [0.2, 0.25) is 0 Å². The molecule has 0 fully saturated rings. The van der Waals surface area contributed by atoms with Gasteiger partial charge in [-0.25, -0.2) is 17.6 Å². The number of rotatable bonds is 8. The van der Waals surface area contributed by atoms with Crippen LogP contribution >= 0.6 is 0 Å². The lowest BCUT2D eigenvalue weighted by molar-refractivity contribution is -0.119. The summed E-state index contributed by atoms with van der Waals surface area (Å²) in [7, 11) is 0. The van der Waals surface area contributed by atoms with Crippen molar-refractivity contribution in [2.45, 2.75) is 52.8 Å². The summed E-state index contributed by atoms with van der Waals surface area (Å²) in [6.07, 6.45) is -1.33. The van der Waals surface area contributed by atoms with Crippen LogP contribution < -0.4 is 5.32 Å². The summed E-state index contributed by atoms with van der Waals surface area (Å²) in [6.45, 7) is 6.40. The number of hydrogen-bond acceptors (Lipinski definition) is 4. The molecule has 0 saturated heterocycles. The lowest BCUT2D eigenvalue weighted by atomic mass is 10.2. The van der Waals surface area contributed by atoms with E-state index in [4.69, 9.17) is 0 Å². The van der Waals surface area contributed by atoms with Crippen LogP contribution in [-0.4, -0.2) is 35.2 Å². The van der Waals surface area contributed by atoms with E-state index in [1.54, 1.807) is 17.1 Å². The Morgan fingerprint density at radius 3 is 2.50 bits per heavy atom. The van der Waals surface area contributed by atoms with Crippen molar-refractivity contribution in [3.8, 4) is 0 Å². The minimum absolute atomic E-state index is 0.340. The summed E-state index contributed by atoms with van der Waals surface area (Å²) < 4.78 is 56.1. The Labute approximate surface area is 169 Å². The van der Waals surface area contributed by atoms with E-state index in [0.717, 1.165) is 17.8 Å². The molecule has 0 saturated carbocycles. The third kappa shape index (κ3) is 4.36. The highest BCUT2D eigenvalue weighted by Gasteiger charge is 2.27. The first-order chi connectivity index (χ1) is 14.2.